The largest absolute Gasteiger partial charge is 0.497 e. The van der Waals surface area contributed by atoms with Gasteiger partial charge in [0, 0.05) is 45.0 Å². The van der Waals surface area contributed by atoms with Crippen molar-refractivity contribution >= 4 is 35.6 Å². The van der Waals surface area contributed by atoms with Gasteiger partial charge in [-0.05, 0) is 56.6 Å². The van der Waals surface area contributed by atoms with E-state index in [9.17, 15) is 0 Å². The van der Waals surface area contributed by atoms with Crippen LogP contribution in [0.3, 0.4) is 0 Å². The van der Waals surface area contributed by atoms with Crippen molar-refractivity contribution in [2.75, 3.05) is 45.2 Å². The molecule has 0 radical (unpaired) electrons. The topological polar surface area (TPSA) is 48.9 Å². The first-order valence-electron chi connectivity index (χ1n) is 10.3. The lowest BCUT2D eigenvalue weighted by atomic mass is 9.97. The van der Waals surface area contributed by atoms with Crippen molar-refractivity contribution in [1.29, 1.82) is 0 Å². The number of allylic oxidation sites excluding steroid dienone is 1. The van der Waals surface area contributed by atoms with E-state index in [2.05, 4.69) is 44.8 Å². The summed E-state index contributed by atoms with van der Waals surface area (Å²) >= 11 is 0. The smallest absolute Gasteiger partial charge is 0.190 e. The van der Waals surface area contributed by atoms with Crippen molar-refractivity contribution < 1.29 is 4.74 Å². The lowest BCUT2D eigenvalue weighted by Crippen LogP contribution is -2.40. The second-order valence-corrected chi connectivity index (χ2v) is 7.54. The Morgan fingerprint density at radius 2 is 2.18 bits per heavy atom. The number of ether oxygens (including phenoxy) is 1. The van der Waals surface area contributed by atoms with E-state index in [4.69, 9.17) is 4.74 Å². The summed E-state index contributed by atoms with van der Waals surface area (Å²) in [5.74, 6) is 2.48. The van der Waals surface area contributed by atoms with Crippen LogP contribution in [0.15, 0.2) is 40.9 Å². The van der Waals surface area contributed by atoms with Crippen LogP contribution in [-0.2, 0) is 0 Å². The molecule has 1 fully saturated rings. The predicted molar refractivity (Wildman–Crippen MR) is 129 cm³/mol. The zero-order valence-electron chi connectivity index (χ0n) is 17.2. The lowest BCUT2D eigenvalue weighted by molar-refractivity contribution is 0.415. The number of nitrogens with one attached hydrogen (secondary N) is 2. The summed E-state index contributed by atoms with van der Waals surface area (Å²) < 4.78 is 5.35. The molecule has 0 saturated carbocycles. The lowest BCUT2D eigenvalue weighted by Gasteiger charge is -2.20. The highest BCUT2D eigenvalue weighted by atomic mass is 127. The molecule has 0 bridgehead atoms. The Hall–Kier alpha value is -1.44. The number of nitrogens with zero attached hydrogens (tertiary/aromatic N) is 2. The number of benzene rings is 1. The van der Waals surface area contributed by atoms with Gasteiger partial charge in [0.2, 0.25) is 0 Å². The van der Waals surface area contributed by atoms with Gasteiger partial charge < -0.3 is 20.3 Å². The molecular weight excluding hydrogens is 463 g/mol. The van der Waals surface area contributed by atoms with Gasteiger partial charge in [-0.3, -0.25) is 4.99 Å². The molecule has 6 heteroatoms. The Kier molecular flexibility index (Phi) is 9.95. The highest BCUT2D eigenvalue weighted by Crippen LogP contribution is 2.26. The zero-order valence-corrected chi connectivity index (χ0v) is 19.6. The summed E-state index contributed by atoms with van der Waals surface area (Å²) in [7, 11) is 3.58. The van der Waals surface area contributed by atoms with E-state index in [-0.39, 0.29) is 24.0 Å². The molecule has 0 amide bonds. The second-order valence-electron chi connectivity index (χ2n) is 7.54. The van der Waals surface area contributed by atoms with Gasteiger partial charge in [0.15, 0.2) is 5.96 Å². The highest BCUT2D eigenvalue weighted by Gasteiger charge is 2.23. The third-order valence-electron chi connectivity index (χ3n) is 5.61. The zero-order chi connectivity index (χ0) is 18.9. The summed E-state index contributed by atoms with van der Waals surface area (Å²) in [5, 5.41) is 6.98. The fraction of sp³-hybridized carbons (Fsp3) is 0.591. The normalized spacial score (nSPS) is 19.6. The maximum absolute atomic E-state index is 5.35. The molecule has 1 saturated heterocycles. The SMILES string of the molecule is CN=C(NCCC1=CCCCC1)NCC1CCN(c2cccc(OC)c2)C1.I. The molecular formula is C22H35IN4O. The van der Waals surface area contributed by atoms with E-state index in [1.54, 1.807) is 12.7 Å². The molecule has 1 atom stereocenters. The number of methoxy groups -OCH3 is 1. The van der Waals surface area contributed by atoms with Crippen LogP contribution < -0.4 is 20.3 Å². The van der Waals surface area contributed by atoms with Crippen LogP contribution in [0.4, 0.5) is 5.69 Å². The van der Waals surface area contributed by atoms with Crippen LogP contribution in [0.2, 0.25) is 0 Å². The number of anilines is 1. The van der Waals surface area contributed by atoms with Crippen molar-refractivity contribution in [3.05, 3.63) is 35.9 Å². The molecule has 1 aromatic carbocycles. The monoisotopic (exact) mass is 498 g/mol. The Labute approximate surface area is 187 Å². The summed E-state index contributed by atoms with van der Waals surface area (Å²) in [6, 6.07) is 8.35. The van der Waals surface area contributed by atoms with Crippen LogP contribution in [-0.4, -0.2) is 46.3 Å². The van der Waals surface area contributed by atoms with Crippen molar-refractivity contribution in [2.24, 2.45) is 10.9 Å². The van der Waals surface area contributed by atoms with E-state index in [1.165, 1.54) is 37.8 Å². The fourth-order valence-electron chi connectivity index (χ4n) is 3.98. The number of hydrogen-bond donors (Lipinski definition) is 2. The molecule has 2 N–H and O–H groups in total. The van der Waals surface area contributed by atoms with Crippen molar-refractivity contribution in [3.8, 4) is 5.75 Å². The van der Waals surface area contributed by atoms with Crippen molar-refractivity contribution in [2.45, 2.75) is 38.5 Å². The van der Waals surface area contributed by atoms with Crippen molar-refractivity contribution in [1.82, 2.24) is 10.6 Å². The summed E-state index contributed by atoms with van der Waals surface area (Å²) in [5.41, 5.74) is 2.86. The van der Waals surface area contributed by atoms with Gasteiger partial charge in [-0.25, -0.2) is 0 Å². The Morgan fingerprint density at radius 1 is 1.29 bits per heavy atom. The van der Waals surface area contributed by atoms with Crippen LogP contribution in [0.1, 0.15) is 38.5 Å². The van der Waals surface area contributed by atoms with Crippen LogP contribution in [0.25, 0.3) is 0 Å². The minimum atomic E-state index is 0. The van der Waals surface area contributed by atoms with Crippen molar-refractivity contribution in [3.63, 3.8) is 0 Å². The van der Waals surface area contributed by atoms with E-state index >= 15 is 0 Å². The molecule has 1 aromatic rings. The van der Waals surface area contributed by atoms with E-state index in [0.29, 0.717) is 5.92 Å². The standard InChI is InChI=1S/C22H34N4O.HI/c1-23-22(24-13-11-18-7-4-3-5-8-18)25-16-19-12-14-26(17-19)20-9-6-10-21(15-20)27-2;/h6-7,9-10,15,19H,3-5,8,11-14,16-17H2,1-2H3,(H2,23,24,25);1H. The molecule has 1 aliphatic heterocycles. The number of hydrogen-bond acceptors (Lipinski definition) is 3. The average Bonchev–Trinajstić information content (AvgIpc) is 3.20. The van der Waals surface area contributed by atoms with Gasteiger partial charge in [-0.15, -0.1) is 24.0 Å². The number of rotatable bonds is 7. The molecule has 1 aliphatic carbocycles. The van der Waals surface area contributed by atoms with Gasteiger partial charge in [0.05, 0.1) is 7.11 Å². The molecule has 3 rings (SSSR count). The summed E-state index contributed by atoms with van der Waals surface area (Å²) in [6.45, 7) is 4.10. The maximum Gasteiger partial charge on any atom is 0.190 e. The number of aliphatic imine (C=N–C) groups is 1. The predicted octanol–water partition coefficient (Wildman–Crippen LogP) is 4.20. The van der Waals surface area contributed by atoms with Crippen LogP contribution in [0, 0.1) is 5.92 Å². The summed E-state index contributed by atoms with van der Waals surface area (Å²) in [4.78, 5) is 6.82. The Morgan fingerprint density at radius 3 is 2.93 bits per heavy atom. The van der Waals surface area contributed by atoms with E-state index in [0.717, 1.165) is 44.3 Å². The fourth-order valence-corrected chi connectivity index (χ4v) is 3.98. The summed E-state index contributed by atoms with van der Waals surface area (Å²) in [6.07, 6.45) is 10.00. The molecule has 0 aromatic heterocycles. The molecule has 0 spiro atoms. The first kappa shape index (κ1) is 22.8. The van der Waals surface area contributed by atoms with Crippen LogP contribution in [0.5, 0.6) is 5.75 Å². The van der Waals surface area contributed by atoms with Crippen LogP contribution >= 0.6 is 24.0 Å². The molecule has 1 heterocycles. The average molecular weight is 498 g/mol. The van der Waals surface area contributed by atoms with Gasteiger partial charge in [0.25, 0.3) is 0 Å². The third-order valence-corrected chi connectivity index (χ3v) is 5.61. The first-order valence-corrected chi connectivity index (χ1v) is 10.3. The van der Waals surface area contributed by atoms with E-state index < -0.39 is 0 Å². The minimum Gasteiger partial charge on any atom is -0.497 e. The Bertz CT molecular complexity index is 662. The maximum atomic E-state index is 5.35. The minimum absolute atomic E-state index is 0. The second kappa shape index (κ2) is 12.2. The number of halogens is 1. The third kappa shape index (κ3) is 6.87. The Balaban J connectivity index is 0.00000280. The van der Waals surface area contributed by atoms with Gasteiger partial charge >= 0.3 is 0 Å². The number of guanidine groups is 1. The quantitative estimate of drug-likeness (QED) is 0.256. The molecule has 2 aliphatic rings. The molecule has 1 unspecified atom stereocenters. The van der Waals surface area contributed by atoms with Gasteiger partial charge in [0.1, 0.15) is 5.75 Å². The van der Waals surface area contributed by atoms with Gasteiger partial charge in [-0.1, -0.05) is 17.7 Å². The molecule has 5 nitrogen and oxygen atoms in total. The molecule has 28 heavy (non-hydrogen) atoms. The first-order chi connectivity index (χ1) is 13.3. The molecule has 156 valence electrons. The van der Waals surface area contributed by atoms with E-state index in [1.807, 2.05) is 13.1 Å². The highest BCUT2D eigenvalue weighted by molar-refractivity contribution is 14.0. The van der Waals surface area contributed by atoms with Gasteiger partial charge in [-0.2, -0.15) is 0 Å².